The van der Waals surface area contributed by atoms with Crippen molar-refractivity contribution >= 4 is 27.1 Å². The van der Waals surface area contributed by atoms with Crippen molar-refractivity contribution in [3.63, 3.8) is 0 Å². The average Bonchev–Trinajstić information content (AvgIpc) is 2.38. The van der Waals surface area contributed by atoms with Crippen LogP contribution in [0.3, 0.4) is 0 Å². The average molecular weight is 290 g/mol. The van der Waals surface area contributed by atoms with Crippen LogP contribution in [0.5, 0.6) is 0 Å². The van der Waals surface area contributed by atoms with Gasteiger partial charge >= 0.3 is 0 Å². The van der Waals surface area contributed by atoms with Crippen LogP contribution >= 0.6 is 11.6 Å². The summed E-state index contributed by atoms with van der Waals surface area (Å²) in [6, 6.07) is 7.12. The topological polar surface area (TPSA) is 46.2 Å². The van der Waals surface area contributed by atoms with Crippen molar-refractivity contribution in [1.82, 2.24) is 0 Å². The number of nitrogens with one attached hydrogen (secondary N) is 1. The molecule has 1 aromatic rings. The molecule has 2 atom stereocenters. The highest BCUT2D eigenvalue weighted by Gasteiger charge is 2.18. The first kappa shape index (κ1) is 15.3. The number of hydrogen-bond acceptors (Lipinski definition) is 3. The van der Waals surface area contributed by atoms with Gasteiger partial charge < -0.3 is 5.32 Å². The van der Waals surface area contributed by atoms with Crippen molar-refractivity contribution in [2.75, 3.05) is 16.9 Å². The lowest BCUT2D eigenvalue weighted by Gasteiger charge is -2.22. The molecule has 0 saturated carbocycles. The molecule has 0 saturated heterocycles. The lowest BCUT2D eigenvalue weighted by molar-refractivity contribution is 0.564. The maximum atomic E-state index is 12.0. The minimum absolute atomic E-state index is 0.102. The van der Waals surface area contributed by atoms with Gasteiger partial charge in [0.1, 0.15) is 0 Å². The summed E-state index contributed by atoms with van der Waals surface area (Å²) in [6.07, 6.45) is 0. The zero-order chi connectivity index (χ0) is 13.8. The molecule has 0 amide bonds. The summed E-state index contributed by atoms with van der Waals surface area (Å²) in [4.78, 5) is 0.362. The predicted molar refractivity (Wildman–Crippen MR) is 77.1 cm³/mol. The third-order valence-corrected chi connectivity index (χ3v) is 5.36. The van der Waals surface area contributed by atoms with Crippen LogP contribution in [0.1, 0.15) is 20.8 Å². The monoisotopic (exact) mass is 289 g/mol. The number of hydrogen-bond donors (Lipinski definition) is 1. The van der Waals surface area contributed by atoms with Gasteiger partial charge in [-0.05, 0) is 25.0 Å². The molecular weight excluding hydrogens is 270 g/mol. The van der Waals surface area contributed by atoms with E-state index >= 15 is 0 Å². The van der Waals surface area contributed by atoms with Crippen LogP contribution in [-0.2, 0) is 9.84 Å². The van der Waals surface area contributed by atoms with E-state index in [0.29, 0.717) is 16.5 Å². The maximum absolute atomic E-state index is 12.0. The summed E-state index contributed by atoms with van der Waals surface area (Å²) in [5, 5.41) is 3.24. The van der Waals surface area contributed by atoms with Gasteiger partial charge in [0.05, 0.1) is 16.3 Å². The molecule has 1 N–H and O–H groups in total. The van der Waals surface area contributed by atoms with Crippen LogP contribution in [0.4, 0.5) is 5.69 Å². The Morgan fingerprint density at radius 1 is 1.28 bits per heavy atom. The van der Waals surface area contributed by atoms with E-state index < -0.39 is 9.84 Å². The van der Waals surface area contributed by atoms with Gasteiger partial charge in [-0.25, -0.2) is 8.42 Å². The van der Waals surface area contributed by atoms with Crippen molar-refractivity contribution in [2.45, 2.75) is 31.7 Å². The SMILES string of the molecule is CCS(=O)(=O)c1ccccc1NC(C)C(C)CCl. The predicted octanol–water partition coefficient (Wildman–Crippen LogP) is 3.16. The van der Waals surface area contributed by atoms with Gasteiger partial charge in [0.2, 0.25) is 0 Å². The quantitative estimate of drug-likeness (QED) is 0.818. The highest BCUT2D eigenvalue weighted by Crippen LogP contribution is 2.24. The molecule has 102 valence electrons. The lowest BCUT2D eigenvalue weighted by atomic mass is 10.1. The van der Waals surface area contributed by atoms with E-state index in [-0.39, 0.29) is 17.7 Å². The normalized spacial score (nSPS) is 15.1. The first-order chi connectivity index (χ1) is 8.42. The third-order valence-electron chi connectivity index (χ3n) is 3.08. The fraction of sp³-hybridized carbons (Fsp3) is 0.538. The summed E-state index contributed by atoms with van der Waals surface area (Å²) in [5.41, 5.74) is 0.656. The Hall–Kier alpha value is -0.740. The second kappa shape index (κ2) is 6.43. The molecule has 0 fully saturated rings. The number of halogens is 1. The van der Waals surface area contributed by atoms with Gasteiger partial charge in [0.25, 0.3) is 0 Å². The lowest BCUT2D eigenvalue weighted by Crippen LogP contribution is -2.25. The molecule has 0 spiro atoms. The zero-order valence-electron chi connectivity index (χ0n) is 11.0. The van der Waals surface area contributed by atoms with E-state index in [1.807, 2.05) is 19.9 Å². The number of rotatable bonds is 6. The number of sulfone groups is 1. The Balaban J connectivity index is 3.04. The first-order valence-electron chi connectivity index (χ1n) is 6.06. The van der Waals surface area contributed by atoms with Crippen molar-refractivity contribution in [3.8, 4) is 0 Å². The van der Waals surface area contributed by atoms with E-state index in [0.717, 1.165) is 0 Å². The van der Waals surface area contributed by atoms with E-state index in [4.69, 9.17) is 11.6 Å². The molecule has 1 aromatic carbocycles. The summed E-state index contributed by atoms with van der Waals surface area (Å²) < 4.78 is 24.0. The molecule has 1 rings (SSSR count). The minimum atomic E-state index is -3.20. The van der Waals surface area contributed by atoms with Crippen molar-refractivity contribution in [2.24, 2.45) is 5.92 Å². The highest BCUT2D eigenvalue weighted by molar-refractivity contribution is 7.91. The second-order valence-electron chi connectivity index (χ2n) is 4.46. The largest absolute Gasteiger partial charge is 0.381 e. The van der Waals surface area contributed by atoms with E-state index in [2.05, 4.69) is 5.32 Å². The van der Waals surface area contributed by atoms with Crippen LogP contribution in [0, 0.1) is 5.92 Å². The van der Waals surface area contributed by atoms with Crippen LogP contribution in [-0.4, -0.2) is 26.1 Å². The van der Waals surface area contributed by atoms with Crippen molar-refractivity contribution in [1.29, 1.82) is 0 Å². The molecule has 3 nitrogen and oxygen atoms in total. The number of para-hydroxylation sites is 1. The van der Waals surface area contributed by atoms with Gasteiger partial charge in [-0.3, -0.25) is 0 Å². The third kappa shape index (κ3) is 3.62. The summed E-state index contributed by atoms with van der Waals surface area (Å²) in [7, 11) is -3.20. The molecule has 0 aliphatic rings. The molecule has 0 heterocycles. The molecule has 0 radical (unpaired) electrons. The molecule has 0 aliphatic carbocycles. The highest BCUT2D eigenvalue weighted by atomic mass is 35.5. The molecule has 2 unspecified atom stereocenters. The maximum Gasteiger partial charge on any atom is 0.180 e. The molecule has 0 aromatic heterocycles. The fourth-order valence-electron chi connectivity index (χ4n) is 1.53. The molecule has 0 aliphatic heterocycles. The molecule has 18 heavy (non-hydrogen) atoms. The number of benzene rings is 1. The van der Waals surface area contributed by atoms with E-state index in [1.165, 1.54) is 0 Å². The fourth-order valence-corrected chi connectivity index (χ4v) is 2.86. The zero-order valence-corrected chi connectivity index (χ0v) is 12.6. The van der Waals surface area contributed by atoms with Gasteiger partial charge in [-0.1, -0.05) is 26.0 Å². The number of alkyl halides is 1. The Bertz CT molecular complexity index is 488. The molecule has 0 bridgehead atoms. The summed E-state index contributed by atoms with van der Waals surface area (Å²) in [5.74, 6) is 0.909. The summed E-state index contributed by atoms with van der Waals surface area (Å²) in [6.45, 7) is 5.68. The standard InChI is InChI=1S/C13H20ClNO2S/c1-4-18(16,17)13-8-6-5-7-12(13)15-11(3)10(2)9-14/h5-8,10-11,15H,4,9H2,1-3H3. The van der Waals surface area contributed by atoms with Crippen LogP contribution in [0.25, 0.3) is 0 Å². The van der Waals surface area contributed by atoms with Crippen molar-refractivity contribution < 1.29 is 8.42 Å². The van der Waals surface area contributed by atoms with Crippen molar-refractivity contribution in [3.05, 3.63) is 24.3 Å². The Kier molecular flexibility index (Phi) is 5.47. The van der Waals surface area contributed by atoms with E-state index in [1.54, 1.807) is 25.1 Å². The van der Waals surface area contributed by atoms with E-state index in [9.17, 15) is 8.42 Å². The Morgan fingerprint density at radius 3 is 2.44 bits per heavy atom. The Labute approximate surface area is 114 Å². The molecule has 5 heteroatoms. The van der Waals surface area contributed by atoms with Gasteiger partial charge in [0.15, 0.2) is 9.84 Å². The van der Waals surface area contributed by atoms with Gasteiger partial charge in [-0.15, -0.1) is 11.6 Å². The second-order valence-corrected chi connectivity index (χ2v) is 7.02. The van der Waals surface area contributed by atoms with Gasteiger partial charge in [0, 0.05) is 11.9 Å². The van der Waals surface area contributed by atoms with Crippen LogP contribution in [0.2, 0.25) is 0 Å². The molecular formula is C13H20ClNO2S. The first-order valence-corrected chi connectivity index (χ1v) is 8.25. The van der Waals surface area contributed by atoms with Crippen LogP contribution < -0.4 is 5.32 Å². The van der Waals surface area contributed by atoms with Gasteiger partial charge in [-0.2, -0.15) is 0 Å². The minimum Gasteiger partial charge on any atom is -0.381 e. The van der Waals surface area contributed by atoms with Crippen LogP contribution in [0.15, 0.2) is 29.2 Å². The summed E-state index contributed by atoms with van der Waals surface area (Å²) >= 11 is 5.81. The Morgan fingerprint density at radius 2 is 1.89 bits per heavy atom. The smallest absolute Gasteiger partial charge is 0.180 e. The number of anilines is 1.